The fourth-order valence-corrected chi connectivity index (χ4v) is 5.05. The summed E-state index contributed by atoms with van der Waals surface area (Å²) in [5.41, 5.74) is 6.04. The number of halogens is 1. The second kappa shape index (κ2) is 13.8. The Kier molecular flexibility index (Phi) is 11.7. The summed E-state index contributed by atoms with van der Waals surface area (Å²) >= 11 is 5.78. The average Bonchev–Trinajstić information content (AvgIpc) is 2.80. The maximum Gasteiger partial charge on any atom is 0.295 e. The van der Waals surface area contributed by atoms with Gasteiger partial charge in [0.15, 0.2) is 0 Å². The molecule has 20 heteroatoms. The van der Waals surface area contributed by atoms with E-state index < -0.39 is 35.9 Å². The number of hydrogen-bond acceptors (Lipinski definition) is 12. The molecule has 2 radical (unpaired) electrons. The van der Waals surface area contributed by atoms with Crippen molar-refractivity contribution in [3.05, 3.63) is 53.8 Å². The van der Waals surface area contributed by atoms with Gasteiger partial charge in [-0.05, 0) is 48.0 Å². The number of carbonyl (C=O) groups is 1. The molecule has 1 aromatic heterocycles. The van der Waals surface area contributed by atoms with E-state index in [4.69, 9.17) is 17.3 Å². The Balaban J connectivity index is 0.00000294. The maximum absolute atomic E-state index is 12.0. The van der Waals surface area contributed by atoms with Gasteiger partial charge in [-0.2, -0.15) is 36.9 Å². The van der Waals surface area contributed by atoms with Crippen LogP contribution >= 0.6 is 11.6 Å². The SMILES string of the molecule is CC(=O)Nc1cc(Nc2nc(N)nc(Cl)n2)ccc1N=Nc1cc(S(=O)(=O)O)c2cccc(S(=O)(=O)O)c2c1.[Na].[Na]. The Morgan fingerprint density at radius 2 is 1.59 bits per heavy atom. The standard InChI is InChI=1S/C21H17ClN8O7S2.2Na/c1-10(31)24-16-8-11(25-21-27-19(22)26-20(23)28-21)5-6-15(16)30-29-12-7-14-13(18(9-12)39(35,36)37)3-2-4-17(14)38(32,33)34;;/h2-9H,1H3,(H,24,31)(H,32,33,34)(H,35,36,37)(H3,23,25,26,27,28);;. The number of aromatic nitrogens is 3. The van der Waals surface area contributed by atoms with Gasteiger partial charge < -0.3 is 16.4 Å². The minimum atomic E-state index is -4.84. The molecule has 0 bridgehead atoms. The molecule has 0 atom stereocenters. The van der Waals surface area contributed by atoms with Crippen molar-refractivity contribution in [1.29, 1.82) is 0 Å². The summed E-state index contributed by atoms with van der Waals surface area (Å²) in [6.45, 7) is 1.26. The van der Waals surface area contributed by atoms with E-state index in [1.165, 1.54) is 43.3 Å². The zero-order chi connectivity index (χ0) is 28.5. The second-order valence-corrected chi connectivity index (χ2v) is 10.9. The Labute approximate surface area is 282 Å². The molecule has 0 unspecified atom stereocenters. The summed E-state index contributed by atoms with van der Waals surface area (Å²) in [6.07, 6.45) is 0. The van der Waals surface area contributed by atoms with Gasteiger partial charge in [-0.25, -0.2) is 0 Å². The van der Waals surface area contributed by atoms with Gasteiger partial charge in [0.25, 0.3) is 20.2 Å². The molecule has 0 spiro atoms. The molecule has 4 aromatic rings. The summed E-state index contributed by atoms with van der Waals surface area (Å²) in [6, 6.07) is 10.1. The van der Waals surface area contributed by atoms with Crippen LogP contribution in [0.3, 0.4) is 0 Å². The Morgan fingerprint density at radius 3 is 2.20 bits per heavy atom. The number of fused-ring (bicyclic) bond motifs is 1. The molecule has 1 heterocycles. The van der Waals surface area contributed by atoms with Gasteiger partial charge in [-0.3, -0.25) is 13.9 Å². The minimum absolute atomic E-state index is 0. The predicted octanol–water partition coefficient (Wildman–Crippen LogP) is 3.11. The van der Waals surface area contributed by atoms with Crippen LogP contribution in [-0.2, 0) is 25.0 Å². The quantitative estimate of drug-likeness (QED) is 0.111. The van der Waals surface area contributed by atoms with Gasteiger partial charge in [-0.1, -0.05) is 12.1 Å². The van der Waals surface area contributed by atoms with Crippen molar-refractivity contribution in [2.75, 3.05) is 16.4 Å². The van der Waals surface area contributed by atoms with Crippen molar-refractivity contribution in [1.82, 2.24) is 15.0 Å². The largest absolute Gasteiger partial charge is 0.368 e. The van der Waals surface area contributed by atoms with Gasteiger partial charge in [0.2, 0.25) is 23.1 Å². The molecule has 3 aromatic carbocycles. The summed E-state index contributed by atoms with van der Waals surface area (Å²) in [4.78, 5) is 22.0. The third kappa shape index (κ3) is 8.85. The summed E-state index contributed by atoms with van der Waals surface area (Å²) in [5, 5.41) is 12.9. The van der Waals surface area contributed by atoms with Crippen molar-refractivity contribution in [3.63, 3.8) is 0 Å². The zero-order valence-electron chi connectivity index (χ0n) is 21.6. The molecule has 0 aliphatic carbocycles. The van der Waals surface area contributed by atoms with E-state index >= 15 is 0 Å². The van der Waals surface area contributed by atoms with Crippen LogP contribution in [0.2, 0.25) is 5.28 Å². The molecule has 0 aliphatic heterocycles. The number of benzene rings is 3. The van der Waals surface area contributed by atoms with Crippen molar-refractivity contribution in [3.8, 4) is 0 Å². The predicted molar refractivity (Wildman–Crippen MR) is 153 cm³/mol. The van der Waals surface area contributed by atoms with Gasteiger partial charge >= 0.3 is 0 Å². The summed E-state index contributed by atoms with van der Waals surface area (Å²) < 4.78 is 67.1. The Morgan fingerprint density at radius 1 is 0.902 bits per heavy atom. The maximum atomic E-state index is 12.0. The number of anilines is 4. The Hall–Kier alpha value is -2.29. The number of nitrogens with two attached hydrogens (primary N) is 1. The van der Waals surface area contributed by atoms with Crippen LogP contribution in [-0.4, -0.2) is 106 Å². The summed E-state index contributed by atoms with van der Waals surface area (Å²) in [5.74, 6) is -0.547. The number of rotatable bonds is 7. The molecule has 41 heavy (non-hydrogen) atoms. The number of hydrogen-bond donors (Lipinski definition) is 5. The molecule has 0 aliphatic rings. The zero-order valence-corrected chi connectivity index (χ0v) is 28.0. The number of nitrogen functional groups attached to an aromatic ring is 1. The van der Waals surface area contributed by atoms with Crippen LogP contribution in [0, 0.1) is 0 Å². The number of nitrogens with one attached hydrogen (secondary N) is 2. The second-order valence-electron chi connectivity index (χ2n) is 7.77. The Bertz CT molecular complexity index is 1870. The van der Waals surface area contributed by atoms with E-state index in [-0.39, 0.29) is 104 Å². The van der Waals surface area contributed by atoms with Crippen LogP contribution in [0.5, 0.6) is 0 Å². The first-order valence-corrected chi connectivity index (χ1v) is 13.8. The molecular formula is C21H17ClN8Na2O7S2. The molecule has 0 saturated heterocycles. The molecule has 1 amide bonds. The third-order valence-electron chi connectivity index (χ3n) is 4.92. The van der Waals surface area contributed by atoms with Crippen LogP contribution < -0.4 is 16.4 Å². The first kappa shape index (κ1) is 34.9. The smallest absolute Gasteiger partial charge is 0.295 e. The van der Waals surface area contributed by atoms with Crippen LogP contribution in [0.15, 0.2) is 68.6 Å². The van der Waals surface area contributed by atoms with E-state index in [0.29, 0.717) is 5.69 Å². The van der Waals surface area contributed by atoms with Crippen molar-refractivity contribution in [2.45, 2.75) is 16.7 Å². The van der Waals surface area contributed by atoms with Gasteiger partial charge in [-0.15, -0.1) is 5.11 Å². The van der Waals surface area contributed by atoms with Crippen molar-refractivity contribution >= 4 is 142 Å². The molecule has 0 saturated carbocycles. The van der Waals surface area contributed by atoms with E-state index in [2.05, 4.69) is 35.8 Å². The third-order valence-corrected chi connectivity index (χ3v) is 6.90. The average molecular weight is 639 g/mol. The monoisotopic (exact) mass is 638 g/mol. The number of amides is 1. The van der Waals surface area contributed by atoms with Crippen LogP contribution in [0.4, 0.5) is 34.6 Å². The van der Waals surface area contributed by atoms with E-state index in [1.54, 1.807) is 0 Å². The van der Waals surface area contributed by atoms with Gasteiger partial charge in [0.05, 0.1) is 11.4 Å². The number of azo groups is 1. The molecule has 15 nitrogen and oxygen atoms in total. The molecular weight excluding hydrogens is 622 g/mol. The molecule has 204 valence electrons. The fourth-order valence-electron chi connectivity index (χ4n) is 3.46. The molecule has 4 rings (SSSR count). The first-order chi connectivity index (χ1) is 18.2. The van der Waals surface area contributed by atoms with E-state index in [0.717, 1.165) is 12.1 Å². The minimum Gasteiger partial charge on any atom is -0.368 e. The van der Waals surface area contributed by atoms with E-state index in [1.807, 2.05) is 0 Å². The number of nitrogens with zero attached hydrogens (tertiary/aromatic N) is 5. The first-order valence-electron chi connectivity index (χ1n) is 10.5. The van der Waals surface area contributed by atoms with Gasteiger partial charge in [0.1, 0.15) is 15.5 Å². The topological polar surface area (TPSA) is 239 Å². The number of carbonyl (C=O) groups excluding carboxylic acids is 1. The fraction of sp³-hybridized carbons (Fsp3) is 0.0476. The summed E-state index contributed by atoms with van der Waals surface area (Å²) in [7, 11) is -9.61. The van der Waals surface area contributed by atoms with Crippen molar-refractivity contribution < 1.29 is 30.7 Å². The van der Waals surface area contributed by atoms with E-state index in [9.17, 15) is 30.7 Å². The van der Waals surface area contributed by atoms with Gasteiger partial charge in [0, 0.05) is 82.5 Å². The van der Waals surface area contributed by atoms with Crippen molar-refractivity contribution in [2.24, 2.45) is 10.2 Å². The molecule has 6 N–H and O–H groups in total. The van der Waals surface area contributed by atoms with Crippen LogP contribution in [0.1, 0.15) is 6.92 Å². The normalized spacial score (nSPS) is 11.5. The molecule has 0 fully saturated rings. The van der Waals surface area contributed by atoms with Crippen LogP contribution in [0.25, 0.3) is 10.8 Å².